The fourth-order valence-corrected chi connectivity index (χ4v) is 0.709. The maximum Gasteiger partial charge on any atom is 0.272 e. The minimum Gasteiger partial charge on any atom is -0.258 e. The molecule has 0 aliphatic rings. The van der Waals surface area contributed by atoms with Crippen molar-refractivity contribution in [2.45, 2.75) is 6.92 Å². The van der Waals surface area contributed by atoms with Crippen molar-refractivity contribution in [1.29, 1.82) is 0 Å². The van der Waals surface area contributed by atoms with Crippen LogP contribution in [0, 0.1) is 23.1 Å². The Kier molecular flexibility index (Phi) is 1.67. The van der Waals surface area contributed by atoms with Crippen LogP contribution in [0.5, 0.6) is 0 Å². The molecule has 0 saturated heterocycles. The summed E-state index contributed by atoms with van der Waals surface area (Å²) in [6.07, 6.45) is 0. The van der Waals surface area contributed by atoms with Crippen molar-refractivity contribution in [3.05, 3.63) is 39.9 Å². The second-order valence-electron chi connectivity index (χ2n) is 1.94. The van der Waals surface area contributed by atoms with E-state index in [9.17, 15) is 10.1 Å². The molecule has 1 aromatic carbocycles. The van der Waals surface area contributed by atoms with Crippen LogP contribution in [0.15, 0.2) is 18.2 Å². The van der Waals surface area contributed by atoms with Gasteiger partial charge in [-0.25, -0.2) is 0 Å². The highest BCUT2D eigenvalue weighted by Crippen LogP contribution is 2.14. The lowest BCUT2D eigenvalue weighted by molar-refractivity contribution is -0.385. The molecule has 0 aliphatic heterocycles. The van der Waals surface area contributed by atoms with Gasteiger partial charge in [0.05, 0.1) is 4.92 Å². The fourth-order valence-electron chi connectivity index (χ4n) is 0.709. The summed E-state index contributed by atoms with van der Waals surface area (Å²) in [4.78, 5) is 9.80. The molecule has 0 heterocycles. The summed E-state index contributed by atoms with van der Waals surface area (Å²) in [5.41, 5.74) is 0.704. The second-order valence-corrected chi connectivity index (χ2v) is 1.94. The monoisotopic (exact) mass is 136 g/mol. The van der Waals surface area contributed by atoms with Crippen molar-refractivity contribution in [2.75, 3.05) is 0 Å². The van der Waals surface area contributed by atoms with Gasteiger partial charge in [0.2, 0.25) is 0 Å². The van der Waals surface area contributed by atoms with Crippen molar-refractivity contribution in [3.8, 4) is 0 Å². The second kappa shape index (κ2) is 2.47. The molecular weight excluding hydrogens is 130 g/mol. The molecule has 10 heavy (non-hydrogen) atoms. The van der Waals surface area contributed by atoms with E-state index < -0.39 is 4.92 Å². The number of nitro groups is 1. The highest BCUT2D eigenvalue weighted by Gasteiger charge is 2.06. The zero-order valence-corrected chi connectivity index (χ0v) is 5.50. The molecule has 1 aromatic rings. The summed E-state index contributed by atoms with van der Waals surface area (Å²) in [7, 11) is 0. The highest BCUT2D eigenvalue weighted by molar-refractivity contribution is 5.37. The van der Waals surface area contributed by atoms with Crippen LogP contribution in [0.25, 0.3) is 0 Å². The first-order chi connectivity index (χ1) is 4.72. The van der Waals surface area contributed by atoms with Gasteiger partial charge in [-0.3, -0.25) is 10.1 Å². The molecule has 0 spiro atoms. The van der Waals surface area contributed by atoms with Gasteiger partial charge in [0.15, 0.2) is 0 Å². The predicted octanol–water partition coefficient (Wildman–Crippen LogP) is 1.70. The highest BCUT2D eigenvalue weighted by atomic mass is 16.6. The summed E-state index contributed by atoms with van der Waals surface area (Å²) in [5, 5.41) is 10.2. The molecule has 0 N–H and O–H groups in total. The third-order valence-electron chi connectivity index (χ3n) is 1.23. The quantitative estimate of drug-likeness (QED) is 0.435. The van der Waals surface area contributed by atoms with E-state index in [0.29, 0.717) is 5.56 Å². The topological polar surface area (TPSA) is 43.1 Å². The lowest BCUT2D eigenvalue weighted by atomic mass is 10.2. The van der Waals surface area contributed by atoms with Crippen LogP contribution in [0.1, 0.15) is 5.56 Å². The van der Waals surface area contributed by atoms with Crippen molar-refractivity contribution in [2.24, 2.45) is 0 Å². The Morgan fingerprint density at radius 3 is 2.80 bits per heavy atom. The van der Waals surface area contributed by atoms with E-state index in [0.717, 1.165) is 0 Å². The van der Waals surface area contributed by atoms with Gasteiger partial charge in [0.25, 0.3) is 5.69 Å². The number of rotatable bonds is 1. The number of benzene rings is 1. The van der Waals surface area contributed by atoms with Crippen molar-refractivity contribution in [3.63, 3.8) is 0 Å². The maximum absolute atomic E-state index is 10.2. The van der Waals surface area contributed by atoms with Gasteiger partial charge in [-0.1, -0.05) is 12.1 Å². The minimum atomic E-state index is -0.411. The average Bonchev–Trinajstić information content (AvgIpc) is 1.88. The van der Waals surface area contributed by atoms with E-state index in [2.05, 4.69) is 6.07 Å². The van der Waals surface area contributed by atoms with E-state index in [1.165, 1.54) is 6.07 Å². The van der Waals surface area contributed by atoms with Gasteiger partial charge in [0, 0.05) is 11.6 Å². The molecular formula is C7H6NO2. The number of hydrogen-bond donors (Lipinski definition) is 0. The van der Waals surface area contributed by atoms with E-state index in [1.54, 1.807) is 19.1 Å². The molecule has 0 aliphatic carbocycles. The van der Waals surface area contributed by atoms with Gasteiger partial charge < -0.3 is 0 Å². The van der Waals surface area contributed by atoms with Crippen molar-refractivity contribution >= 4 is 5.69 Å². The van der Waals surface area contributed by atoms with Gasteiger partial charge in [0.1, 0.15) is 0 Å². The van der Waals surface area contributed by atoms with Crippen LogP contribution in [0.2, 0.25) is 0 Å². The van der Waals surface area contributed by atoms with Gasteiger partial charge >= 0.3 is 0 Å². The molecule has 1 radical (unpaired) electrons. The van der Waals surface area contributed by atoms with Crippen LogP contribution in [-0.2, 0) is 0 Å². The SMILES string of the molecule is Cc1[c]cccc1[N+](=O)[O-]. The summed E-state index contributed by atoms with van der Waals surface area (Å²) in [6.45, 7) is 1.66. The molecule has 1 rings (SSSR count). The van der Waals surface area contributed by atoms with Crippen LogP contribution in [-0.4, -0.2) is 4.92 Å². The first-order valence-corrected chi connectivity index (χ1v) is 2.83. The van der Waals surface area contributed by atoms with Crippen LogP contribution in [0.3, 0.4) is 0 Å². The molecule has 0 bridgehead atoms. The normalized spacial score (nSPS) is 9.30. The summed E-state index contributed by atoms with van der Waals surface area (Å²) < 4.78 is 0. The van der Waals surface area contributed by atoms with Gasteiger partial charge in [-0.05, 0) is 13.0 Å². The molecule has 0 aromatic heterocycles. The Labute approximate surface area is 58.4 Å². The molecule has 0 atom stereocenters. The Hall–Kier alpha value is -1.38. The van der Waals surface area contributed by atoms with E-state index in [-0.39, 0.29) is 5.69 Å². The number of nitro benzene ring substituents is 1. The van der Waals surface area contributed by atoms with Gasteiger partial charge in [-0.15, -0.1) is 0 Å². The standard InChI is InChI=1S/C7H6NO2/c1-6-4-2-3-5-7(6)8(9)10/h2-3,5H,1H3. The Morgan fingerprint density at radius 1 is 1.70 bits per heavy atom. The van der Waals surface area contributed by atoms with Crippen molar-refractivity contribution in [1.82, 2.24) is 0 Å². The van der Waals surface area contributed by atoms with Crippen LogP contribution in [0.4, 0.5) is 5.69 Å². The zero-order chi connectivity index (χ0) is 7.56. The lowest BCUT2D eigenvalue weighted by Crippen LogP contribution is -1.89. The third kappa shape index (κ3) is 1.13. The number of aryl methyl sites for hydroxylation is 1. The third-order valence-corrected chi connectivity index (χ3v) is 1.23. The molecule has 0 unspecified atom stereocenters. The average molecular weight is 136 g/mol. The number of nitrogens with zero attached hydrogens (tertiary/aromatic N) is 1. The molecule has 0 fully saturated rings. The smallest absolute Gasteiger partial charge is 0.258 e. The minimum absolute atomic E-state index is 0.127. The lowest BCUT2D eigenvalue weighted by Gasteiger charge is -1.92. The maximum atomic E-state index is 10.2. The van der Waals surface area contributed by atoms with Gasteiger partial charge in [-0.2, -0.15) is 0 Å². The first-order valence-electron chi connectivity index (χ1n) is 2.83. The Bertz CT molecular complexity index is 258. The van der Waals surface area contributed by atoms with E-state index >= 15 is 0 Å². The van der Waals surface area contributed by atoms with Crippen molar-refractivity contribution < 1.29 is 4.92 Å². The number of hydrogen-bond acceptors (Lipinski definition) is 2. The largest absolute Gasteiger partial charge is 0.272 e. The molecule has 3 nitrogen and oxygen atoms in total. The molecule has 51 valence electrons. The fraction of sp³-hybridized carbons (Fsp3) is 0.143. The Balaban J connectivity index is 3.15. The molecule has 0 amide bonds. The summed E-state index contributed by atoms with van der Waals surface area (Å²) in [5.74, 6) is 0. The predicted molar refractivity (Wildman–Crippen MR) is 36.7 cm³/mol. The van der Waals surface area contributed by atoms with Crippen LogP contribution >= 0.6 is 0 Å². The zero-order valence-electron chi connectivity index (χ0n) is 5.50. The Morgan fingerprint density at radius 2 is 2.40 bits per heavy atom. The van der Waals surface area contributed by atoms with E-state index in [1.807, 2.05) is 0 Å². The van der Waals surface area contributed by atoms with E-state index in [4.69, 9.17) is 0 Å². The summed E-state index contributed by atoms with van der Waals surface area (Å²) in [6, 6.07) is 7.46. The first kappa shape index (κ1) is 6.74. The molecule has 0 saturated carbocycles. The summed E-state index contributed by atoms with van der Waals surface area (Å²) >= 11 is 0. The molecule has 3 heteroatoms. The van der Waals surface area contributed by atoms with Crippen LogP contribution < -0.4 is 0 Å².